The van der Waals surface area contributed by atoms with Crippen LogP contribution in [0.25, 0.3) is 0 Å². The topological polar surface area (TPSA) is 76.3 Å². The molecule has 0 radical (unpaired) electrons. The molecule has 1 saturated carbocycles. The smallest absolute Gasteiger partial charge is 0.405 e. The maximum atomic E-state index is 12.8. The van der Waals surface area contributed by atoms with Gasteiger partial charge in [0.15, 0.2) is 0 Å². The highest BCUT2D eigenvalue weighted by Crippen LogP contribution is 2.45. The van der Waals surface area contributed by atoms with E-state index < -0.39 is 6.36 Å². The summed E-state index contributed by atoms with van der Waals surface area (Å²) in [6.07, 6.45) is 3.31. The normalized spacial score (nSPS) is 22.5. The van der Waals surface area contributed by atoms with Crippen molar-refractivity contribution < 1.29 is 17.9 Å². The van der Waals surface area contributed by atoms with Gasteiger partial charge in [-0.25, -0.2) is 4.98 Å². The van der Waals surface area contributed by atoms with E-state index in [9.17, 15) is 13.2 Å². The number of rotatable bonds is 7. The second-order valence-electron chi connectivity index (χ2n) is 9.77. The predicted octanol–water partition coefficient (Wildman–Crippen LogP) is 5.60. The lowest BCUT2D eigenvalue weighted by molar-refractivity contribution is -0.274. The molecule has 4 rings (SSSR count). The zero-order valence-corrected chi connectivity index (χ0v) is 21.8. The molecule has 1 fully saturated rings. The summed E-state index contributed by atoms with van der Waals surface area (Å²) < 4.78 is 43.1. The molecule has 1 atom stereocenters. The van der Waals surface area contributed by atoms with Crippen molar-refractivity contribution in [3.8, 4) is 5.75 Å². The Kier molecular flexibility index (Phi) is 8.10. The number of nitrogens with two attached hydrogens (primary N) is 1. The molecule has 1 unspecified atom stereocenters. The van der Waals surface area contributed by atoms with E-state index in [4.69, 9.17) is 5.73 Å². The van der Waals surface area contributed by atoms with Gasteiger partial charge in [-0.3, -0.25) is 0 Å². The molecule has 10 heteroatoms. The van der Waals surface area contributed by atoms with Gasteiger partial charge in [-0.05, 0) is 87.4 Å². The summed E-state index contributed by atoms with van der Waals surface area (Å²) in [5.74, 6) is 2.17. The zero-order valence-electron chi connectivity index (χ0n) is 20.2. The van der Waals surface area contributed by atoms with Crippen LogP contribution in [0.4, 0.5) is 24.9 Å². The van der Waals surface area contributed by atoms with Crippen molar-refractivity contribution in [2.24, 2.45) is 5.92 Å². The number of benzene rings is 1. The molecular formula is C25H33BrF3N5O. The molecule has 0 aliphatic heterocycles. The molecule has 0 amide bonds. The molecule has 0 saturated heterocycles. The highest BCUT2D eigenvalue weighted by molar-refractivity contribution is 9.10. The number of nitrogen functional groups attached to an aromatic ring is 1. The van der Waals surface area contributed by atoms with Crippen molar-refractivity contribution in [3.05, 3.63) is 39.5 Å². The van der Waals surface area contributed by atoms with Crippen molar-refractivity contribution in [1.82, 2.24) is 15.3 Å². The van der Waals surface area contributed by atoms with Gasteiger partial charge in [0.1, 0.15) is 11.6 Å². The Morgan fingerprint density at radius 1 is 1.14 bits per heavy atom. The number of nitrogens with one attached hydrogen (secondary N) is 1. The van der Waals surface area contributed by atoms with Crippen LogP contribution in [-0.4, -0.2) is 43.0 Å². The van der Waals surface area contributed by atoms with Gasteiger partial charge in [-0.2, -0.15) is 4.98 Å². The Balaban J connectivity index is 1.34. The summed E-state index contributed by atoms with van der Waals surface area (Å²) in [7, 11) is 4.01. The molecule has 0 bridgehead atoms. The average molecular weight is 556 g/mol. The lowest BCUT2D eigenvalue weighted by atomic mass is 9.71. The van der Waals surface area contributed by atoms with E-state index in [0.29, 0.717) is 46.8 Å². The zero-order chi connectivity index (χ0) is 25.2. The number of anilines is 2. The van der Waals surface area contributed by atoms with Crippen LogP contribution in [0.2, 0.25) is 0 Å². The number of halogens is 4. The number of alkyl halides is 3. The maximum Gasteiger partial charge on any atom is 0.573 e. The van der Waals surface area contributed by atoms with Gasteiger partial charge in [0.2, 0.25) is 5.95 Å². The average Bonchev–Trinajstić information content (AvgIpc) is 2.79. The van der Waals surface area contributed by atoms with Crippen LogP contribution in [0.5, 0.6) is 5.75 Å². The van der Waals surface area contributed by atoms with E-state index in [-0.39, 0.29) is 5.75 Å². The van der Waals surface area contributed by atoms with Crippen LogP contribution in [0.15, 0.2) is 22.7 Å². The number of fused-ring (bicyclic) bond motifs is 1. The molecule has 0 spiro atoms. The molecule has 192 valence electrons. The monoisotopic (exact) mass is 555 g/mol. The third-order valence-corrected chi connectivity index (χ3v) is 7.66. The van der Waals surface area contributed by atoms with Crippen LogP contribution >= 0.6 is 15.9 Å². The first-order valence-corrected chi connectivity index (χ1v) is 13.0. The van der Waals surface area contributed by atoms with E-state index in [2.05, 4.69) is 36.0 Å². The summed E-state index contributed by atoms with van der Waals surface area (Å²) in [6.45, 7) is 0.606. The van der Waals surface area contributed by atoms with Crippen molar-refractivity contribution >= 4 is 27.7 Å². The summed E-state index contributed by atoms with van der Waals surface area (Å²) in [4.78, 5) is 11.2. The predicted molar refractivity (Wildman–Crippen MR) is 135 cm³/mol. The first kappa shape index (κ1) is 26.0. The summed E-state index contributed by atoms with van der Waals surface area (Å²) in [6, 6.07) is 5.16. The van der Waals surface area contributed by atoms with Gasteiger partial charge >= 0.3 is 6.36 Å². The van der Waals surface area contributed by atoms with E-state index >= 15 is 0 Å². The SMILES string of the molecule is CN(C)c1nc(N)nc2c1C(C1CCC(NCCc3ccc(Br)cc3OC(F)(F)F)CC1)CCC2. The molecule has 1 aromatic carbocycles. The summed E-state index contributed by atoms with van der Waals surface area (Å²) >= 11 is 3.22. The minimum Gasteiger partial charge on any atom is -0.405 e. The molecule has 35 heavy (non-hydrogen) atoms. The Labute approximate surface area is 213 Å². The Morgan fingerprint density at radius 2 is 1.89 bits per heavy atom. The quantitative estimate of drug-likeness (QED) is 0.463. The van der Waals surface area contributed by atoms with Crippen molar-refractivity contribution in [1.29, 1.82) is 0 Å². The number of hydrogen-bond donors (Lipinski definition) is 2. The summed E-state index contributed by atoms with van der Waals surface area (Å²) in [5, 5.41) is 3.56. The molecular weight excluding hydrogens is 523 g/mol. The number of hydrogen-bond acceptors (Lipinski definition) is 6. The minimum absolute atomic E-state index is 0.145. The van der Waals surface area contributed by atoms with Gasteiger partial charge in [0.25, 0.3) is 0 Å². The first-order valence-electron chi connectivity index (χ1n) is 12.2. The number of aromatic nitrogens is 2. The lowest BCUT2D eigenvalue weighted by Gasteiger charge is -2.38. The largest absolute Gasteiger partial charge is 0.573 e. The molecule has 2 aromatic rings. The van der Waals surface area contributed by atoms with E-state index in [1.807, 2.05) is 19.0 Å². The van der Waals surface area contributed by atoms with E-state index in [0.717, 1.165) is 56.5 Å². The Hall–Kier alpha value is -2.07. The second-order valence-corrected chi connectivity index (χ2v) is 10.7. The number of aryl methyl sites for hydroxylation is 1. The molecule has 1 heterocycles. The fraction of sp³-hybridized carbons (Fsp3) is 0.600. The van der Waals surface area contributed by atoms with Crippen molar-refractivity contribution in [3.63, 3.8) is 0 Å². The van der Waals surface area contributed by atoms with Crippen molar-refractivity contribution in [2.45, 2.75) is 69.7 Å². The van der Waals surface area contributed by atoms with Crippen LogP contribution in [0.1, 0.15) is 61.3 Å². The number of ether oxygens (including phenoxy) is 1. The fourth-order valence-electron chi connectivity index (χ4n) is 5.63. The molecule has 6 nitrogen and oxygen atoms in total. The number of nitrogens with zero attached hydrogens (tertiary/aromatic N) is 3. The maximum absolute atomic E-state index is 12.8. The molecule has 2 aliphatic carbocycles. The van der Waals surface area contributed by atoms with Gasteiger partial charge in [-0.1, -0.05) is 22.0 Å². The highest BCUT2D eigenvalue weighted by atomic mass is 79.9. The van der Waals surface area contributed by atoms with Crippen LogP contribution in [-0.2, 0) is 12.8 Å². The minimum atomic E-state index is -4.71. The van der Waals surface area contributed by atoms with Gasteiger partial charge < -0.3 is 20.7 Å². The highest BCUT2D eigenvalue weighted by Gasteiger charge is 2.35. The second kappa shape index (κ2) is 10.9. The van der Waals surface area contributed by atoms with Crippen LogP contribution in [0.3, 0.4) is 0 Å². The third kappa shape index (κ3) is 6.58. The van der Waals surface area contributed by atoms with Gasteiger partial charge in [0, 0.05) is 30.2 Å². The van der Waals surface area contributed by atoms with E-state index in [1.54, 1.807) is 12.1 Å². The van der Waals surface area contributed by atoms with Gasteiger partial charge in [-0.15, -0.1) is 13.2 Å². The third-order valence-electron chi connectivity index (χ3n) is 7.17. The van der Waals surface area contributed by atoms with E-state index in [1.165, 1.54) is 11.6 Å². The standard InChI is InChI=1S/C25H33BrF3N5O/c1-34(2)23-22-19(4-3-5-20(22)32-24(30)33-23)15-7-10-18(11-8-15)31-13-12-16-6-9-17(26)14-21(16)35-25(27,28)29/h6,9,14-15,18-19,31H,3-5,7-8,10-13H2,1-2H3,(H2,30,32,33). The lowest BCUT2D eigenvalue weighted by Crippen LogP contribution is -2.36. The van der Waals surface area contributed by atoms with Crippen LogP contribution in [0, 0.1) is 5.92 Å². The molecule has 3 N–H and O–H groups in total. The molecule has 2 aliphatic rings. The Bertz CT molecular complexity index is 1020. The van der Waals surface area contributed by atoms with Gasteiger partial charge in [0.05, 0.1) is 5.69 Å². The van der Waals surface area contributed by atoms with Crippen LogP contribution < -0.4 is 20.7 Å². The fourth-order valence-corrected chi connectivity index (χ4v) is 5.97. The first-order chi connectivity index (χ1) is 16.6. The van der Waals surface area contributed by atoms with Crippen molar-refractivity contribution in [2.75, 3.05) is 31.3 Å². The Morgan fingerprint density at radius 3 is 2.57 bits per heavy atom. The molecule has 1 aromatic heterocycles. The summed E-state index contributed by atoms with van der Waals surface area (Å²) in [5.41, 5.74) is 8.90.